The summed E-state index contributed by atoms with van der Waals surface area (Å²) >= 11 is 0. The van der Waals surface area contributed by atoms with Crippen molar-refractivity contribution in [2.24, 2.45) is 11.8 Å². The number of likely N-dealkylation sites (N-methyl/N-ethyl adjacent to an activating group) is 1. The van der Waals surface area contributed by atoms with Gasteiger partial charge < -0.3 is 24.4 Å². The number of nitrogens with one attached hydrogen (secondary N) is 1. The number of benzene rings is 2. The summed E-state index contributed by atoms with van der Waals surface area (Å²) in [5.74, 6) is 1.47. The quantitative estimate of drug-likeness (QED) is 0.633. The monoisotopic (exact) mass is 509 g/mol. The Labute approximate surface area is 219 Å². The lowest BCUT2D eigenvalue weighted by molar-refractivity contribution is -0.117. The highest BCUT2D eigenvalue weighted by Crippen LogP contribution is 2.32. The predicted octanol–water partition coefficient (Wildman–Crippen LogP) is 4.05. The third-order valence-corrected chi connectivity index (χ3v) is 7.34. The van der Waals surface area contributed by atoms with Gasteiger partial charge in [-0.15, -0.1) is 0 Å². The first-order chi connectivity index (χ1) is 17.8. The second-order valence-electron chi connectivity index (χ2n) is 10.3. The van der Waals surface area contributed by atoms with Gasteiger partial charge in [0.2, 0.25) is 5.91 Å². The Morgan fingerprint density at radius 1 is 1.08 bits per heavy atom. The summed E-state index contributed by atoms with van der Waals surface area (Å²) in [6.07, 6.45) is 1.73. The molecule has 8 nitrogen and oxygen atoms in total. The van der Waals surface area contributed by atoms with Crippen molar-refractivity contribution in [1.82, 2.24) is 9.80 Å². The van der Waals surface area contributed by atoms with Crippen molar-refractivity contribution in [3.05, 3.63) is 53.6 Å². The summed E-state index contributed by atoms with van der Waals surface area (Å²) in [6.45, 7) is 6.67. The molecule has 2 amide bonds. The van der Waals surface area contributed by atoms with E-state index in [0.717, 1.165) is 31.7 Å². The van der Waals surface area contributed by atoms with Crippen molar-refractivity contribution in [1.29, 1.82) is 0 Å². The van der Waals surface area contributed by atoms with Crippen LogP contribution in [0.15, 0.2) is 42.5 Å². The molecule has 1 heterocycles. The molecule has 2 aliphatic rings. The van der Waals surface area contributed by atoms with Crippen LogP contribution >= 0.6 is 0 Å². The maximum atomic E-state index is 13.4. The molecule has 0 spiro atoms. The van der Waals surface area contributed by atoms with Crippen molar-refractivity contribution >= 4 is 17.5 Å². The van der Waals surface area contributed by atoms with Crippen molar-refractivity contribution in [3.63, 3.8) is 0 Å². The number of carbonyl (C=O) groups is 2. The molecule has 1 aliphatic carbocycles. The second kappa shape index (κ2) is 12.0. The van der Waals surface area contributed by atoms with Gasteiger partial charge in [-0.05, 0) is 55.5 Å². The Kier molecular flexibility index (Phi) is 8.71. The van der Waals surface area contributed by atoms with Crippen molar-refractivity contribution in [2.75, 3.05) is 46.3 Å². The average Bonchev–Trinajstić information content (AvgIpc) is 3.75. The number of amides is 2. The van der Waals surface area contributed by atoms with E-state index in [0.29, 0.717) is 30.2 Å². The maximum Gasteiger partial charge on any atom is 0.257 e. The molecule has 200 valence electrons. The van der Waals surface area contributed by atoms with Gasteiger partial charge >= 0.3 is 0 Å². The summed E-state index contributed by atoms with van der Waals surface area (Å²) in [4.78, 5) is 29.8. The van der Waals surface area contributed by atoms with Crippen LogP contribution in [0.25, 0.3) is 0 Å². The minimum absolute atomic E-state index is 0.0208. The fourth-order valence-corrected chi connectivity index (χ4v) is 4.70. The Morgan fingerprint density at radius 3 is 2.46 bits per heavy atom. The van der Waals surface area contributed by atoms with E-state index in [-0.39, 0.29) is 35.8 Å². The normalized spacial score (nSPS) is 23.3. The number of rotatable bonds is 6. The van der Waals surface area contributed by atoms with Gasteiger partial charge in [-0.3, -0.25) is 14.5 Å². The Bertz CT molecular complexity index is 1090. The highest BCUT2D eigenvalue weighted by atomic mass is 16.5. The molecule has 0 bridgehead atoms. The third-order valence-electron chi connectivity index (χ3n) is 7.34. The molecule has 2 aromatic carbocycles. The molecule has 0 unspecified atom stereocenters. The fraction of sp³-hybridized carbons (Fsp3) is 0.517. The number of anilines is 1. The van der Waals surface area contributed by atoms with Crippen LogP contribution in [0.5, 0.6) is 11.5 Å². The second-order valence-corrected chi connectivity index (χ2v) is 10.3. The van der Waals surface area contributed by atoms with Crippen LogP contribution in [0.2, 0.25) is 0 Å². The minimum Gasteiger partial charge on any atom is -0.497 e. The standard InChI is InChI=1S/C29H39N3O5/c1-19-15-32(16-21-6-11-24(35-4)12-7-21)20(2)18-37-26-14-23(30-28(33)22-8-9-22)10-13-25(26)29(34)31(3)17-27(19)36-5/h6-7,10-14,19-20,22,27H,8-9,15-18H2,1-5H3,(H,30,33)/t19-,20-,27-/m1/s1. The van der Waals surface area contributed by atoms with Crippen LogP contribution < -0.4 is 14.8 Å². The molecule has 0 radical (unpaired) electrons. The molecule has 1 fully saturated rings. The molecule has 1 N–H and O–H groups in total. The molecule has 8 heteroatoms. The Balaban J connectivity index is 1.61. The van der Waals surface area contributed by atoms with Gasteiger partial charge in [0, 0.05) is 57.5 Å². The molecule has 2 aromatic rings. The van der Waals surface area contributed by atoms with Gasteiger partial charge in [0.05, 0.1) is 18.8 Å². The summed E-state index contributed by atoms with van der Waals surface area (Å²) in [5, 5.41) is 2.97. The number of fused-ring (bicyclic) bond motifs is 1. The highest BCUT2D eigenvalue weighted by molar-refractivity contribution is 5.99. The van der Waals surface area contributed by atoms with Gasteiger partial charge in [0.25, 0.3) is 5.91 Å². The predicted molar refractivity (Wildman–Crippen MR) is 143 cm³/mol. The van der Waals surface area contributed by atoms with Crippen molar-refractivity contribution < 1.29 is 23.8 Å². The maximum absolute atomic E-state index is 13.4. The molecular weight excluding hydrogens is 470 g/mol. The smallest absolute Gasteiger partial charge is 0.257 e. The number of nitrogens with zero attached hydrogens (tertiary/aromatic N) is 2. The van der Waals surface area contributed by atoms with E-state index in [1.807, 2.05) is 12.1 Å². The lowest BCUT2D eigenvalue weighted by Crippen LogP contribution is -2.46. The number of carbonyl (C=O) groups excluding carboxylic acids is 2. The van der Waals surface area contributed by atoms with E-state index in [9.17, 15) is 9.59 Å². The van der Waals surface area contributed by atoms with Crippen LogP contribution in [-0.2, 0) is 16.1 Å². The van der Waals surface area contributed by atoms with Crippen LogP contribution in [0, 0.1) is 11.8 Å². The zero-order valence-corrected chi connectivity index (χ0v) is 22.5. The largest absolute Gasteiger partial charge is 0.497 e. The summed E-state index contributed by atoms with van der Waals surface area (Å²) in [7, 11) is 5.16. The molecule has 3 atom stereocenters. The van der Waals surface area contributed by atoms with Gasteiger partial charge in [-0.1, -0.05) is 19.1 Å². The van der Waals surface area contributed by atoms with Crippen LogP contribution in [0.3, 0.4) is 0 Å². The van der Waals surface area contributed by atoms with Crippen LogP contribution in [0.1, 0.15) is 42.6 Å². The van der Waals surface area contributed by atoms with Crippen molar-refractivity contribution in [3.8, 4) is 11.5 Å². The van der Waals surface area contributed by atoms with Crippen LogP contribution in [-0.4, -0.2) is 74.7 Å². The van der Waals surface area contributed by atoms with Gasteiger partial charge in [0.15, 0.2) is 0 Å². The highest BCUT2D eigenvalue weighted by Gasteiger charge is 2.31. The third kappa shape index (κ3) is 6.81. The average molecular weight is 510 g/mol. The fourth-order valence-electron chi connectivity index (χ4n) is 4.70. The van der Waals surface area contributed by atoms with E-state index in [2.05, 4.69) is 36.2 Å². The van der Waals surface area contributed by atoms with E-state index < -0.39 is 0 Å². The molecule has 0 aromatic heterocycles. The first-order valence-electron chi connectivity index (χ1n) is 13.0. The summed E-state index contributed by atoms with van der Waals surface area (Å²) in [5.41, 5.74) is 2.30. The number of ether oxygens (including phenoxy) is 3. The molecule has 0 saturated heterocycles. The van der Waals surface area contributed by atoms with E-state index in [4.69, 9.17) is 14.2 Å². The SMILES string of the molecule is COc1ccc(CN2C[C@@H](C)[C@H](OC)CN(C)C(=O)c3ccc(NC(=O)C4CC4)cc3OC[C@H]2C)cc1. The number of hydrogen-bond acceptors (Lipinski definition) is 6. The molecule has 4 rings (SSSR count). The first kappa shape index (κ1) is 26.9. The minimum atomic E-state index is -0.132. The summed E-state index contributed by atoms with van der Waals surface area (Å²) in [6, 6.07) is 13.5. The van der Waals surface area contributed by atoms with Gasteiger partial charge in [0.1, 0.15) is 18.1 Å². The zero-order valence-electron chi connectivity index (χ0n) is 22.5. The summed E-state index contributed by atoms with van der Waals surface area (Å²) < 4.78 is 17.5. The number of hydrogen-bond donors (Lipinski definition) is 1. The molecular formula is C29H39N3O5. The van der Waals surface area contributed by atoms with Gasteiger partial charge in [-0.25, -0.2) is 0 Å². The van der Waals surface area contributed by atoms with E-state index in [1.165, 1.54) is 5.56 Å². The Hall–Kier alpha value is -3.10. The van der Waals surface area contributed by atoms with Crippen LogP contribution in [0.4, 0.5) is 5.69 Å². The van der Waals surface area contributed by atoms with E-state index >= 15 is 0 Å². The van der Waals surface area contributed by atoms with E-state index in [1.54, 1.807) is 44.4 Å². The topological polar surface area (TPSA) is 80.3 Å². The zero-order chi connectivity index (χ0) is 26.5. The van der Waals surface area contributed by atoms with Gasteiger partial charge in [-0.2, -0.15) is 0 Å². The lowest BCUT2D eigenvalue weighted by atomic mass is 10.0. The Morgan fingerprint density at radius 2 is 1.81 bits per heavy atom. The van der Waals surface area contributed by atoms with Crippen molar-refractivity contribution in [2.45, 2.75) is 45.4 Å². The lowest BCUT2D eigenvalue weighted by Gasteiger charge is -2.36. The number of methoxy groups -OCH3 is 2. The molecule has 1 saturated carbocycles. The first-order valence-corrected chi connectivity index (χ1v) is 13.0. The molecule has 1 aliphatic heterocycles. The molecule has 37 heavy (non-hydrogen) atoms.